The molecule has 0 spiro atoms. The molecule has 5 heteroatoms. The molecule has 0 aliphatic carbocycles. The van der Waals surface area contributed by atoms with E-state index < -0.39 is 0 Å². The molecule has 3 rings (SSSR count). The molecular weight excluding hydrogens is 382 g/mol. The van der Waals surface area contributed by atoms with Crippen LogP contribution in [0.3, 0.4) is 0 Å². The van der Waals surface area contributed by atoms with Gasteiger partial charge in [-0.3, -0.25) is 0 Å². The fourth-order valence-corrected chi connectivity index (χ4v) is 3.57. The van der Waals surface area contributed by atoms with Crippen LogP contribution in [0.2, 0.25) is 0 Å². The monoisotopic (exact) mass is 395 g/mol. The lowest BCUT2D eigenvalue weighted by molar-refractivity contribution is 1.36. The zero-order valence-corrected chi connectivity index (χ0v) is 15.4. The number of aromatic nitrogens is 1. The smallest absolute Gasteiger partial charge is 0.136 e. The lowest BCUT2D eigenvalue weighted by Gasteiger charge is -2.05. The number of aryl methyl sites for hydroxylation is 1. The summed E-state index contributed by atoms with van der Waals surface area (Å²) in [6, 6.07) is 18.2. The largest absolute Gasteiger partial charge is 0.359 e. The predicted molar refractivity (Wildman–Crippen MR) is 104 cm³/mol. The van der Waals surface area contributed by atoms with Crippen LogP contribution in [0.25, 0.3) is 16.8 Å². The van der Waals surface area contributed by atoms with Crippen LogP contribution in [-0.2, 0) is 0 Å². The normalized spacial score (nSPS) is 11.1. The zero-order chi connectivity index (χ0) is 16.9. The number of nitrogens with one attached hydrogen (secondary N) is 1. The van der Waals surface area contributed by atoms with Crippen molar-refractivity contribution in [2.24, 2.45) is 0 Å². The van der Waals surface area contributed by atoms with Crippen molar-refractivity contribution >= 4 is 38.5 Å². The topological polar surface area (TPSA) is 48.7 Å². The minimum absolute atomic E-state index is 0.509. The quantitative estimate of drug-likeness (QED) is 0.562. The third kappa shape index (κ3) is 3.73. The SMILES string of the molecule is Cc1ccc(N/C=C(/C#N)c2nc(-c3ccccc3)cs2)c(Br)c1. The number of halogens is 1. The van der Waals surface area contributed by atoms with E-state index in [1.807, 2.05) is 60.8 Å². The van der Waals surface area contributed by atoms with E-state index in [9.17, 15) is 5.26 Å². The number of rotatable bonds is 4. The molecule has 0 aliphatic rings. The van der Waals surface area contributed by atoms with E-state index in [0.717, 1.165) is 21.4 Å². The molecule has 0 fully saturated rings. The van der Waals surface area contributed by atoms with Crippen molar-refractivity contribution < 1.29 is 0 Å². The first-order chi connectivity index (χ1) is 11.7. The van der Waals surface area contributed by atoms with Gasteiger partial charge in [0, 0.05) is 21.6 Å². The number of nitriles is 1. The molecule has 118 valence electrons. The average molecular weight is 396 g/mol. The number of anilines is 1. The molecule has 0 atom stereocenters. The molecule has 3 nitrogen and oxygen atoms in total. The van der Waals surface area contributed by atoms with Crippen molar-refractivity contribution in [3.05, 3.63) is 75.2 Å². The first-order valence-corrected chi connectivity index (χ1v) is 8.99. The maximum Gasteiger partial charge on any atom is 0.136 e. The van der Waals surface area contributed by atoms with E-state index in [2.05, 4.69) is 32.3 Å². The van der Waals surface area contributed by atoms with Crippen molar-refractivity contribution in [3.8, 4) is 17.3 Å². The average Bonchev–Trinajstić information content (AvgIpc) is 3.08. The van der Waals surface area contributed by atoms with Gasteiger partial charge in [-0.05, 0) is 40.5 Å². The standard InChI is InChI=1S/C19H14BrN3S/c1-13-7-8-17(16(20)9-13)22-11-15(10-21)19-23-18(12-24-19)14-5-3-2-4-6-14/h2-9,11-12,22H,1H3/b15-11-. The van der Waals surface area contributed by atoms with Crippen LogP contribution in [0.5, 0.6) is 0 Å². The van der Waals surface area contributed by atoms with E-state index in [0.29, 0.717) is 10.6 Å². The fourth-order valence-electron chi connectivity index (χ4n) is 2.17. The van der Waals surface area contributed by atoms with Gasteiger partial charge in [-0.25, -0.2) is 4.98 Å². The fraction of sp³-hybridized carbons (Fsp3) is 0.0526. The highest BCUT2D eigenvalue weighted by molar-refractivity contribution is 9.10. The molecular formula is C19H14BrN3S. The second kappa shape index (κ2) is 7.43. The summed E-state index contributed by atoms with van der Waals surface area (Å²) in [5, 5.41) is 15.3. The second-order valence-electron chi connectivity index (χ2n) is 5.20. The Morgan fingerprint density at radius 2 is 2.04 bits per heavy atom. The maximum atomic E-state index is 9.45. The van der Waals surface area contributed by atoms with Gasteiger partial charge < -0.3 is 5.32 Å². The molecule has 1 heterocycles. The van der Waals surface area contributed by atoms with E-state index >= 15 is 0 Å². The molecule has 1 N–H and O–H groups in total. The van der Waals surface area contributed by atoms with Gasteiger partial charge >= 0.3 is 0 Å². The summed E-state index contributed by atoms with van der Waals surface area (Å²) in [5.74, 6) is 0. The Labute approximate surface area is 153 Å². The molecule has 0 aliphatic heterocycles. The summed E-state index contributed by atoms with van der Waals surface area (Å²) in [7, 11) is 0. The molecule has 2 aromatic carbocycles. The first-order valence-electron chi connectivity index (χ1n) is 7.31. The zero-order valence-electron chi connectivity index (χ0n) is 13.0. The van der Waals surface area contributed by atoms with Crippen molar-refractivity contribution in [1.29, 1.82) is 5.26 Å². The van der Waals surface area contributed by atoms with Crippen molar-refractivity contribution in [1.82, 2.24) is 4.98 Å². The molecule has 24 heavy (non-hydrogen) atoms. The number of nitrogens with zero attached hydrogens (tertiary/aromatic N) is 2. The molecule has 0 saturated carbocycles. The Kier molecular flexibility index (Phi) is 5.09. The Morgan fingerprint density at radius 3 is 2.75 bits per heavy atom. The third-order valence-corrected chi connectivity index (χ3v) is 4.95. The van der Waals surface area contributed by atoms with Crippen LogP contribution in [0, 0.1) is 18.3 Å². The van der Waals surface area contributed by atoms with Gasteiger partial charge in [0.2, 0.25) is 0 Å². The van der Waals surface area contributed by atoms with Crippen molar-refractivity contribution in [3.63, 3.8) is 0 Å². The van der Waals surface area contributed by atoms with Gasteiger partial charge in [-0.2, -0.15) is 5.26 Å². The van der Waals surface area contributed by atoms with Crippen LogP contribution in [0.4, 0.5) is 5.69 Å². The highest BCUT2D eigenvalue weighted by Gasteiger charge is 2.09. The van der Waals surface area contributed by atoms with Gasteiger partial charge in [0.1, 0.15) is 16.6 Å². The number of allylic oxidation sites excluding steroid dienone is 1. The Bertz CT molecular complexity index is 923. The van der Waals surface area contributed by atoms with Crippen LogP contribution in [0.1, 0.15) is 10.6 Å². The van der Waals surface area contributed by atoms with Crippen LogP contribution < -0.4 is 5.32 Å². The number of thiazole rings is 1. The van der Waals surface area contributed by atoms with Gasteiger partial charge in [0.25, 0.3) is 0 Å². The highest BCUT2D eigenvalue weighted by atomic mass is 79.9. The molecule has 3 aromatic rings. The minimum Gasteiger partial charge on any atom is -0.359 e. The highest BCUT2D eigenvalue weighted by Crippen LogP contribution is 2.27. The van der Waals surface area contributed by atoms with Crippen LogP contribution >= 0.6 is 27.3 Å². The van der Waals surface area contributed by atoms with Gasteiger partial charge in [0.15, 0.2) is 0 Å². The second-order valence-corrected chi connectivity index (χ2v) is 6.91. The van der Waals surface area contributed by atoms with Gasteiger partial charge in [0.05, 0.1) is 11.4 Å². The summed E-state index contributed by atoms with van der Waals surface area (Å²) in [6.07, 6.45) is 1.70. The molecule has 0 bridgehead atoms. The lowest BCUT2D eigenvalue weighted by atomic mass is 10.2. The first kappa shape index (κ1) is 16.4. The Morgan fingerprint density at radius 1 is 1.25 bits per heavy atom. The summed E-state index contributed by atoms with van der Waals surface area (Å²) < 4.78 is 0.958. The number of hydrogen-bond acceptors (Lipinski definition) is 4. The van der Waals surface area contributed by atoms with Crippen LogP contribution in [0.15, 0.2) is 64.6 Å². The summed E-state index contributed by atoms with van der Waals surface area (Å²) in [5.41, 5.74) is 4.52. The number of hydrogen-bond donors (Lipinski definition) is 1. The molecule has 0 unspecified atom stereocenters. The number of benzene rings is 2. The Balaban J connectivity index is 1.84. The van der Waals surface area contributed by atoms with Crippen molar-refractivity contribution in [2.75, 3.05) is 5.32 Å². The summed E-state index contributed by atoms with van der Waals surface area (Å²) in [6.45, 7) is 2.03. The van der Waals surface area contributed by atoms with E-state index in [4.69, 9.17) is 0 Å². The van der Waals surface area contributed by atoms with Crippen molar-refractivity contribution in [2.45, 2.75) is 6.92 Å². The van der Waals surface area contributed by atoms with E-state index in [1.54, 1.807) is 6.20 Å². The maximum absolute atomic E-state index is 9.45. The summed E-state index contributed by atoms with van der Waals surface area (Å²) in [4.78, 5) is 4.58. The van der Waals surface area contributed by atoms with E-state index in [1.165, 1.54) is 16.9 Å². The molecule has 1 aromatic heterocycles. The lowest BCUT2D eigenvalue weighted by Crippen LogP contribution is -1.92. The van der Waals surface area contributed by atoms with Gasteiger partial charge in [-0.1, -0.05) is 36.4 Å². The molecule has 0 radical (unpaired) electrons. The molecule has 0 amide bonds. The minimum atomic E-state index is 0.509. The van der Waals surface area contributed by atoms with E-state index in [-0.39, 0.29) is 0 Å². The van der Waals surface area contributed by atoms with Gasteiger partial charge in [-0.15, -0.1) is 11.3 Å². The predicted octanol–water partition coefficient (Wildman–Crippen LogP) is 5.86. The van der Waals surface area contributed by atoms with Crippen LogP contribution in [-0.4, -0.2) is 4.98 Å². The Hall–Kier alpha value is -2.42. The molecule has 0 saturated heterocycles. The summed E-state index contributed by atoms with van der Waals surface area (Å²) >= 11 is 4.99. The third-order valence-electron chi connectivity index (χ3n) is 3.42.